The summed E-state index contributed by atoms with van der Waals surface area (Å²) in [6, 6.07) is 22.9. The third-order valence-corrected chi connectivity index (χ3v) is 5.83. The van der Waals surface area contributed by atoms with Crippen LogP contribution in [0.1, 0.15) is 23.6 Å². The second kappa shape index (κ2) is 9.33. The molecule has 1 atom stereocenters. The van der Waals surface area contributed by atoms with Gasteiger partial charge in [0.2, 0.25) is 11.8 Å². The molecule has 6 heteroatoms. The first-order chi connectivity index (χ1) is 14.3. The summed E-state index contributed by atoms with van der Waals surface area (Å²) in [7, 11) is 0. The minimum absolute atomic E-state index is 0.163. The van der Waals surface area contributed by atoms with Crippen LogP contribution in [-0.4, -0.2) is 17.9 Å². The third-order valence-electron chi connectivity index (χ3n) is 5.24. The Morgan fingerprint density at radius 3 is 1.93 bits per heavy atom. The first kappa shape index (κ1) is 21.9. The van der Waals surface area contributed by atoms with Crippen molar-refractivity contribution in [3.63, 3.8) is 0 Å². The molecule has 30 heavy (non-hydrogen) atoms. The molecule has 0 unspecified atom stereocenters. The van der Waals surface area contributed by atoms with Crippen LogP contribution in [0.3, 0.4) is 0 Å². The maximum Gasteiger partial charge on any atom is 0.240 e. The Bertz CT molecular complexity index is 1000. The standard InChI is InChI=1S/C24H22Cl2N2O2/c1-24(17-8-4-2-5-9-17,18-10-6-3-7-11-18)23(30)28-21(22(27)29)14-16-12-13-19(25)15-20(16)26/h2-13,15,21H,14H2,1H3,(H2,27,29)(H,28,30)/t21-/m0/s1. The molecule has 0 bridgehead atoms. The van der Waals surface area contributed by atoms with Crippen molar-refractivity contribution in [1.29, 1.82) is 0 Å². The maximum absolute atomic E-state index is 13.5. The lowest BCUT2D eigenvalue weighted by atomic mass is 9.75. The number of rotatable bonds is 7. The van der Waals surface area contributed by atoms with Crippen molar-refractivity contribution in [2.45, 2.75) is 24.8 Å². The molecule has 3 rings (SSSR count). The predicted molar refractivity (Wildman–Crippen MR) is 121 cm³/mol. The highest BCUT2D eigenvalue weighted by Gasteiger charge is 2.38. The number of nitrogens with two attached hydrogens (primary N) is 1. The molecule has 0 radical (unpaired) electrons. The van der Waals surface area contributed by atoms with E-state index in [0.29, 0.717) is 15.6 Å². The molecule has 0 spiro atoms. The van der Waals surface area contributed by atoms with Crippen molar-refractivity contribution in [2.24, 2.45) is 5.73 Å². The molecule has 0 aliphatic rings. The minimum Gasteiger partial charge on any atom is -0.368 e. The van der Waals surface area contributed by atoms with Gasteiger partial charge >= 0.3 is 0 Å². The van der Waals surface area contributed by atoms with Crippen LogP contribution in [-0.2, 0) is 21.4 Å². The first-order valence-electron chi connectivity index (χ1n) is 9.47. The lowest BCUT2D eigenvalue weighted by Crippen LogP contribution is -2.52. The SMILES string of the molecule is CC(C(=O)N[C@@H](Cc1ccc(Cl)cc1Cl)C(N)=O)(c1ccccc1)c1ccccc1. The Balaban J connectivity index is 1.94. The van der Waals surface area contributed by atoms with Crippen LogP contribution in [0.2, 0.25) is 10.0 Å². The highest BCUT2D eigenvalue weighted by molar-refractivity contribution is 6.35. The number of primary amides is 1. The summed E-state index contributed by atoms with van der Waals surface area (Å²) >= 11 is 12.2. The van der Waals surface area contributed by atoms with Crippen molar-refractivity contribution in [2.75, 3.05) is 0 Å². The van der Waals surface area contributed by atoms with Gasteiger partial charge in [-0.15, -0.1) is 0 Å². The average Bonchev–Trinajstić information content (AvgIpc) is 2.75. The number of halogens is 2. The van der Waals surface area contributed by atoms with Crippen molar-refractivity contribution in [3.05, 3.63) is 106 Å². The summed E-state index contributed by atoms with van der Waals surface area (Å²) in [5, 5.41) is 3.74. The van der Waals surface area contributed by atoms with Gasteiger partial charge in [-0.05, 0) is 35.7 Å². The number of benzene rings is 3. The lowest BCUT2D eigenvalue weighted by molar-refractivity contribution is -0.129. The van der Waals surface area contributed by atoms with E-state index < -0.39 is 17.4 Å². The zero-order valence-electron chi connectivity index (χ0n) is 16.4. The van der Waals surface area contributed by atoms with E-state index in [1.807, 2.05) is 67.6 Å². The summed E-state index contributed by atoms with van der Waals surface area (Å²) in [6.45, 7) is 1.83. The Labute approximate surface area is 186 Å². The first-order valence-corrected chi connectivity index (χ1v) is 10.2. The lowest BCUT2D eigenvalue weighted by Gasteiger charge is -2.31. The van der Waals surface area contributed by atoms with Gasteiger partial charge < -0.3 is 11.1 Å². The Kier molecular flexibility index (Phi) is 6.80. The fraction of sp³-hybridized carbons (Fsp3) is 0.167. The molecule has 0 aliphatic heterocycles. The summed E-state index contributed by atoms with van der Waals surface area (Å²) in [6.07, 6.45) is 0.163. The molecule has 0 saturated heterocycles. The van der Waals surface area contributed by atoms with E-state index in [1.54, 1.807) is 18.2 Å². The fourth-order valence-electron chi connectivity index (χ4n) is 3.40. The number of carbonyl (C=O) groups is 2. The van der Waals surface area contributed by atoms with E-state index in [9.17, 15) is 9.59 Å². The molecule has 2 amide bonds. The molecule has 3 aromatic carbocycles. The van der Waals surface area contributed by atoms with Crippen LogP contribution in [0.4, 0.5) is 0 Å². The molecule has 0 heterocycles. The summed E-state index contributed by atoms with van der Waals surface area (Å²) in [5.41, 5.74) is 6.88. The highest BCUT2D eigenvalue weighted by Crippen LogP contribution is 2.32. The normalized spacial score (nSPS) is 12.2. The van der Waals surface area contributed by atoms with Gasteiger partial charge in [-0.1, -0.05) is 89.9 Å². The molecular weight excluding hydrogens is 419 g/mol. The van der Waals surface area contributed by atoms with Gasteiger partial charge in [0.05, 0.1) is 5.41 Å². The van der Waals surface area contributed by atoms with E-state index >= 15 is 0 Å². The maximum atomic E-state index is 13.5. The quantitative estimate of drug-likeness (QED) is 0.566. The molecule has 154 valence electrons. The van der Waals surface area contributed by atoms with Gasteiger partial charge in [0.1, 0.15) is 6.04 Å². The van der Waals surface area contributed by atoms with Crippen molar-refractivity contribution >= 4 is 35.0 Å². The molecule has 0 saturated carbocycles. The molecule has 0 aromatic heterocycles. The molecule has 3 N–H and O–H groups in total. The van der Waals surface area contributed by atoms with Crippen molar-refractivity contribution in [1.82, 2.24) is 5.32 Å². The summed E-state index contributed by atoms with van der Waals surface area (Å²) in [4.78, 5) is 25.7. The van der Waals surface area contributed by atoms with Gasteiger partial charge in [0.25, 0.3) is 0 Å². The van der Waals surface area contributed by atoms with E-state index in [4.69, 9.17) is 28.9 Å². The van der Waals surface area contributed by atoms with Crippen molar-refractivity contribution in [3.8, 4) is 0 Å². The van der Waals surface area contributed by atoms with Crippen LogP contribution in [0, 0.1) is 0 Å². The second-order valence-corrected chi connectivity index (χ2v) is 8.07. The van der Waals surface area contributed by atoms with Gasteiger partial charge in [0, 0.05) is 16.5 Å². The number of amides is 2. The monoisotopic (exact) mass is 440 g/mol. The smallest absolute Gasteiger partial charge is 0.240 e. The molecule has 0 fully saturated rings. The van der Waals surface area contributed by atoms with E-state index in [-0.39, 0.29) is 12.3 Å². The van der Waals surface area contributed by atoms with E-state index in [2.05, 4.69) is 5.32 Å². The van der Waals surface area contributed by atoms with Crippen molar-refractivity contribution < 1.29 is 9.59 Å². The molecular formula is C24H22Cl2N2O2. The Morgan fingerprint density at radius 1 is 0.933 bits per heavy atom. The van der Waals surface area contributed by atoms with Crippen LogP contribution < -0.4 is 11.1 Å². The zero-order valence-corrected chi connectivity index (χ0v) is 18.0. The van der Waals surface area contributed by atoms with Gasteiger partial charge in [-0.3, -0.25) is 9.59 Å². The number of nitrogens with one attached hydrogen (secondary N) is 1. The highest BCUT2D eigenvalue weighted by atomic mass is 35.5. The van der Waals surface area contributed by atoms with E-state index in [1.165, 1.54) is 0 Å². The van der Waals surface area contributed by atoms with Crippen LogP contribution in [0.25, 0.3) is 0 Å². The van der Waals surface area contributed by atoms with Crippen LogP contribution >= 0.6 is 23.2 Å². The van der Waals surface area contributed by atoms with E-state index in [0.717, 1.165) is 11.1 Å². The molecule has 4 nitrogen and oxygen atoms in total. The molecule has 0 aliphatic carbocycles. The summed E-state index contributed by atoms with van der Waals surface area (Å²) in [5.74, 6) is -0.966. The Hall–Kier alpha value is -2.82. The van der Waals surface area contributed by atoms with Gasteiger partial charge in [-0.2, -0.15) is 0 Å². The topological polar surface area (TPSA) is 72.2 Å². The number of hydrogen-bond donors (Lipinski definition) is 2. The minimum atomic E-state index is -1.01. The number of hydrogen-bond acceptors (Lipinski definition) is 2. The zero-order chi connectivity index (χ0) is 21.7. The fourth-order valence-corrected chi connectivity index (χ4v) is 3.89. The molecule has 3 aromatic rings. The second-order valence-electron chi connectivity index (χ2n) is 7.23. The Morgan fingerprint density at radius 2 is 1.47 bits per heavy atom. The number of carbonyl (C=O) groups excluding carboxylic acids is 2. The van der Waals surface area contributed by atoms with Crippen LogP contribution in [0.15, 0.2) is 78.9 Å². The summed E-state index contributed by atoms with van der Waals surface area (Å²) < 4.78 is 0. The van der Waals surface area contributed by atoms with Gasteiger partial charge in [0.15, 0.2) is 0 Å². The van der Waals surface area contributed by atoms with Crippen LogP contribution in [0.5, 0.6) is 0 Å². The average molecular weight is 441 g/mol. The van der Waals surface area contributed by atoms with Gasteiger partial charge in [-0.25, -0.2) is 0 Å². The third kappa shape index (κ3) is 4.66. The largest absolute Gasteiger partial charge is 0.368 e. The predicted octanol–water partition coefficient (Wildman–Crippen LogP) is 4.51.